The number of rotatable bonds is 5. The van der Waals surface area contributed by atoms with E-state index in [0.717, 1.165) is 6.42 Å². The largest absolute Gasteiger partial charge is 0.383 e. The lowest BCUT2D eigenvalue weighted by molar-refractivity contribution is -0.0244. The van der Waals surface area contributed by atoms with Crippen LogP contribution in [-0.2, 0) is 12.1 Å². The van der Waals surface area contributed by atoms with Gasteiger partial charge in [0.05, 0.1) is 5.69 Å². The summed E-state index contributed by atoms with van der Waals surface area (Å²) in [6.07, 6.45) is 4.70. The Bertz CT molecular complexity index is 1030. The van der Waals surface area contributed by atoms with Crippen LogP contribution in [0.4, 0.5) is 4.39 Å². The fourth-order valence-electron chi connectivity index (χ4n) is 3.86. The Kier molecular flexibility index (Phi) is 5.59. The Morgan fingerprint density at radius 2 is 2.00 bits per heavy atom. The second-order valence-corrected chi connectivity index (χ2v) is 7.57. The number of carbonyl (C=O) groups excluding carboxylic acids is 1. The van der Waals surface area contributed by atoms with Crippen molar-refractivity contribution in [3.63, 3.8) is 0 Å². The average molecular weight is 409 g/mol. The molecule has 0 bridgehead atoms. The second kappa shape index (κ2) is 8.31. The van der Waals surface area contributed by atoms with Gasteiger partial charge in [0.25, 0.3) is 5.91 Å². The molecule has 3 heterocycles. The topological polar surface area (TPSA) is 84.1 Å². The van der Waals surface area contributed by atoms with Gasteiger partial charge in [0.2, 0.25) is 0 Å². The van der Waals surface area contributed by atoms with E-state index in [-0.39, 0.29) is 11.5 Å². The molecule has 156 valence electrons. The van der Waals surface area contributed by atoms with Gasteiger partial charge in [-0.05, 0) is 49.6 Å². The van der Waals surface area contributed by atoms with E-state index in [9.17, 15) is 14.3 Å². The van der Waals surface area contributed by atoms with E-state index >= 15 is 0 Å². The van der Waals surface area contributed by atoms with Crippen LogP contribution in [0, 0.1) is 5.82 Å². The first kappa shape index (κ1) is 20.2. The van der Waals surface area contributed by atoms with Gasteiger partial charge in [-0.15, -0.1) is 0 Å². The first-order valence-corrected chi connectivity index (χ1v) is 10.1. The highest BCUT2D eigenvalue weighted by Crippen LogP contribution is 2.32. The van der Waals surface area contributed by atoms with Crippen molar-refractivity contribution in [2.24, 2.45) is 0 Å². The predicted molar refractivity (Wildman–Crippen MR) is 109 cm³/mol. The molecule has 0 saturated carbocycles. The highest BCUT2D eigenvalue weighted by molar-refractivity contribution is 5.95. The summed E-state index contributed by atoms with van der Waals surface area (Å²) < 4.78 is 16.0. The van der Waals surface area contributed by atoms with Gasteiger partial charge < -0.3 is 10.0 Å². The second-order valence-electron chi connectivity index (χ2n) is 7.57. The number of hydrogen-bond donors (Lipinski definition) is 1. The molecule has 1 saturated heterocycles. The first-order valence-electron chi connectivity index (χ1n) is 10.1. The molecule has 1 aliphatic heterocycles. The smallest absolute Gasteiger partial charge is 0.253 e. The number of pyridine rings is 1. The van der Waals surface area contributed by atoms with E-state index in [1.54, 1.807) is 34.0 Å². The van der Waals surface area contributed by atoms with Crippen molar-refractivity contribution in [3.8, 4) is 11.4 Å². The van der Waals surface area contributed by atoms with Crippen LogP contribution in [0.1, 0.15) is 42.2 Å². The quantitative estimate of drug-likeness (QED) is 0.700. The van der Waals surface area contributed by atoms with Crippen molar-refractivity contribution in [1.82, 2.24) is 24.6 Å². The van der Waals surface area contributed by atoms with Gasteiger partial charge in [-0.3, -0.25) is 9.78 Å². The number of nitrogens with zero attached hydrogens (tertiary/aromatic N) is 5. The zero-order chi connectivity index (χ0) is 21.1. The van der Waals surface area contributed by atoms with E-state index < -0.39 is 11.4 Å². The molecule has 2 aromatic heterocycles. The average Bonchev–Trinajstić information content (AvgIpc) is 3.23. The van der Waals surface area contributed by atoms with Crippen molar-refractivity contribution in [2.45, 2.75) is 38.3 Å². The van der Waals surface area contributed by atoms with Crippen LogP contribution >= 0.6 is 0 Å². The van der Waals surface area contributed by atoms with Crippen LogP contribution in [0.2, 0.25) is 0 Å². The minimum atomic E-state index is -1.05. The third kappa shape index (κ3) is 3.95. The van der Waals surface area contributed by atoms with Crippen LogP contribution in [0.3, 0.4) is 0 Å². The zero-order valence-corrected chi connectivity index (χ0v) is 16.8. The van der Waals surface area contributed by atoms with E-state index in [4.69, 9.17) is 0 Å². The van der Waals surface area contributed by atoms with Gasteiger partial charge in [0, 0.05) is 37.0 Å². The van der Waals surface area contributed by atoms with E-state index in [0.29, 0.717) is 49.6 Å². The molecule has 1 fully saturated rings. The predicted octanol–water partition coefficient (Wildman–Crippen LogP) is 3.01. The number of aryl methyl sites for hydroxylation is 1. The number of benzene rings is 1. The number of likely N-dealkylation sites (tertiary alicyclic amines) is 1. The van der Waals surface area contributed by atoms with Crippen molar-refractivity contribution in [1.29, 1.82) is 0 Å². The summed E-state index contributed by atoms with van der Waals surface area (Å²) in [4.78, 5) is 23.2. The lowest BCUT2D eigenvalue weighted by Crippen LogP contribution is -2.45. The third-order valence-electron chi connectivity index (χ3n) is 5.47. The number of aliphatic hydroxyl groups is 1. The van der Waals surface area contributed by atoms with Gasteiger partial charge in [-0.1, -0.05) is 13.0 Å². The molecule has 0 radical (unpaired) electrons. The van der Waals surface area contributed by atoms with Crippen molar-refractivity contribution >= 4 is 5.91 Å². The monoisotopic (exact) mass is 409 g/mol. The molecular formula is C22H24FN5O2. The molecule has 30 heavy (non-hydrogen) atoms. The maximum Gasteiger partial charge on any atom is 0.253 e. The molecule has 1 N–H and O–H groups in total. The molecular weight excluding hydrogens is 385 g/mol. The van der Waals surface area contributed by atoms with Crippen LogP contribution in [-0.4, -0.2) is 48.8 Å². The summed E-state index contributed by atoms with van der Waals surface area (Å²) in [5, 5.41) is 15.1. The molecule has 0 atom stereocenters. The minimum Gasteiger partial charge on any atom is -0.383 e. The fourth-order valence-corrected chi connectivity index (χ4v) is 3.86. The first-order chi connectivity index (χ1) is 14.5. The number of aromatic nitrogens is 4. The molecule has 8 heteroatoms. The van der Waals surface area contributed by atoms with Crippen molar-refractivity contribution in [2.75, 3.05) is 13.1 Å². The summed E-state index contributed by atoms with van der Waals surface area (Å²) in [7, 11) is 0. The molecule has 3 aromatic rings. The SMILES string of the molecule is CCCn1ncnc1-c1cc(F)cc(C(=O)N2CCC(O)(c3ccccn3)CC2)c1. The number of piperidine rings is 1. The Morgan fingerprint density at radius 3 is 2.70 bits per heavy atom. The summed E-state index contributed by atoms with van der Waals surface area (Å²) >= 11 is 0. The van der Waals surface area contributed by atoms with Gasteiger partial charge in [-0.25, -0.2) is 14.1 Å². The molecule has 0 aliphatic carbocycles. The molecule has 4 rings (SSSR count). The maximum atomic E-state index is 14.3. The Balaban J connectivity index is 1.53. The van der Waals surface area contributed by atoms with E-state index in [2.05, 4.69) is 15.1 Å². The lowest BCUT2D eigenvalue weighted by atomic mass is 9.87. The summed E-state index contributed by atoms with van der Waals surface area (Å²) in [5.74, 6) is -0.224. The number of halogens is 1. The Hall–Kier alpha value is -3.13. The Morgan fingerprint density at radius 1 is 1.20 bits per heavy atom. The fraction of sp³-hybridized carbons (Fsp3) is 0.364. The number of carbonyl (C=O) groups is 1. The third-order valence-corrected chi connectivity index (χ3v) is 5.47. The molecule has 1 aromatic carbocycles. The molecule has 7 nitrogen and oxygen atoms in total. The maximum absolute atomic E-state index is 14.3. The molecule has 1 aliphatic rings. The molecule has 1 amide bonds. The van der Waals surface area contributed by atoms with Crippen LogP contribution in [0.25, 0.3) is 11.4 Å². The van der Waals surface area contributed by atoms with Gasteiger partial charge >= 0.3 is 0 Å². The highest BCUT2D eigenvalue weighted by Gasteiger charge is 2.36. The number of hydrogen-bond acceptors (Lipinski definition) is 5. The summed E-state index contributed by atoms with van der Waals surface area (Å²) in [6.45, 7) is 3.41. The van der Waals surface area contributed by atoms with Crippen LogP contribution in [0.5, 0.6) is 0 Å². The van der Waals surface area contributed by atoms with Crippen LogP contribution in [0.15, 0.2) is 48.9 Å². The summed E-state index contributed by atoms with van der Waals surface area (Å²) in [5.41, 5.74) is 0.341. The lowest BCUT2D eigenvalue weighted by Gasteiger charge is -2.37. The van der Waals surface area contributed by atoms with Crippen molar-refractivity contribution in [3.05, 3.63) is 66.0 Å². The standard InChI is InChI=1S/C22H24FN5O2/c1-2-9-28-20(25-15-26-28)16-12-17(14-18(23)13-16)21(29)27-10-6-22(30,7-11-27)19-5-3-4-8-24-19/h3-5,8,12-15,30H,2,6-7,9-11H2,1H3. The van der Waals surface area contributed by atoms with Gasteiger partial charge in [0.1, 0.15) is 17.7 Å². The normalized spacial score (nSPS) is 15.9. The highest BCUT2D eigenvalue weighted by atomic mass is 19.1. The van der Waals surface area contributed by atoms with Gasteiger partial charge in [0.15, 0.2) is 5.82 Å². The Labute approximate surface area is 174 Å². The zero-order valence-electron chi connectivity index (χ0n) is 16.8. The minimum absolute atomic E-state index is 0.263. The molecule has 0 unspecified atom stereocenters. The van der Waals surface area contributed by atoms with E-state index in [1.165, 1.54) is 18.5 Å². The summed E-state index contributed by atoms with van der Waals surface area (Å²) in [6, 6.07) is 9.69. The molecule has 0 spiro atoms. The van der Waals surface area contributed by atoms with Gasteiger partial charge in [-0.2, -0.15) is 5.10 Å². The number of amides is 1. The van der Waals surface area contributed by atoms with Crippen LogP contribution < -0.4 is 0 Å². The van der Waals surface area contributed by atoms with Crippen molar-refractivity contribution < 1.29 is 14.3 Å². The van der Waals surface area contributed by atoms with E-state index in [1.807, 2.05) is 13.0 Å².